The van der Waals surface area contributed by atoms with Crippen LogP contribution in [0.1, 0.15) is 23.2 Å². The first-order valence-corrected chi connectivity index (χ1v) is 4.85. The van der Waals surface area contributed by atoms with Crippen LogP contribution in [0.3, 0.4) is 0 Å². The molecule has 86 valence electrons. The number of ketones is 1. The van der Waals surface area contributed by atoms with Crippen molar-refractivity contribution >= 4 is 11.9 Å². The molecule has 1 aromatic rings. The van der Waals surface area contributed by atoms with E-state index < -0.39 is 11.9 Å². The molecule has 1 amide bonds. The van der Waals surface area contributed by atoms with Crippen LogP contribution in [-0.2, 0) is 0 Å². The number of nitrogens with one attached hydrogen (secondary N) is 1. The molecule has 0 aliphatic rings. The van der Waals surface area contributed by atoms with Crippen LogP contribution in [0.2, 0.25) is 0 Å². The third kappa shape index (κ3) is 4.08. The molecule has 0 bridgehead atoms. The van der Waals surface area contributed by atoms with Crippen molar-refractivity contribution in [3.63, 3.8) is 0 Å². The second-order valence-electron chi connectivity index (χ2n) is 3.27. The van der Waals surface area contributed by atoms with E-state index >= 15 is 0 Å². The topological polar surface area (TPSA) is 66.4 Å². The molecular formula is C11H12FNO3. The van der Waals surface area contributed by atoms with Crippen molar-refractivity contribution in [3.05, 3.63) is 35.6 Å². The number of carbonyl (C=O) groups excluding carboxylic acids is 1. The van der Waals surface area contributed by atoms with Gasteiger partial charge in [-0.05, 0) is 18.6 Å². The zero-order valence-corrected chi connectivity index (χ0v) is 8.57. The molecule has 0 radical (unpaired) electrons. The Kier molecular flexibility index (Phi) is 4.44. The fourth-order valence-corrected chi connectivity index (χ4v) is 1.25. The van der Waals surface area contributed by atoms with Crippen LogP contribution in [0, 0.1) is 5.82 Å². The van der Waals surface area contributed by atoms with E-state index in [0.29, 0.717) is 12.0 Å². The van der Waals surface area contributed by atoms with Crippen molar-refractivity contribution in [2.45, 2.75) is 12.8 Å². The van der Waals surface area contributed by atoms with Crippen LogP contribution in [0.5, 0.6) is 0 Å². The Bertz CT molecular complexity index is 393. The average molecular weight is 225 g/mol. The summed E-state index contributed by atoms with van der Waals surface area (Å²) >= 11 is 0. The summed E-state index contributed by atoms with van der Waals surface area (Å²) in [6, 6.07) is 5.45. The van der Waals surface area contributed by atoms with Gasteiger partial charge in [-0.3, -0.25) is 4.79 Å². The maximum absolute atomic E-state index is 12.8. The summed E-state index contributed by atoms with van der Waals surface area (Å²) in [5.41, 5.74) is 0.315. The Morgan fingerprint density at radius 2 is 2.12 bits per heavy atom. The summed E-state index contributed by atoms with van der Waals surface area (Å²) in [6.45, 7) is 0.219. The molecule has 0 saturated heterocycles. The van der Waals surface area contributed by atoms with Gasteiger partial charge in [0.2, 0.25) is 0 Å². The Morgan fingerprint density at radius 3 is 2.75 bits per heavy atom. The Morgan fingerprint density at radius 1 is 1.38 bits per heavy atom. The van der Waals surface area contributed by atoms with Gasteiger partial charge < -0.3 is 10.4 Å². The van der Waals surface area contributed by atoms with E-state index in [9.17, 15) is 14.0 Å². The fraction of sp³-hybridized carbons (Fsp3) is 0.273. The summed E-state index contributed by atoms with van der Waals surface area (Å²) in [5, 5.41) is 10.4. The summed E-state index contributed by atoms with van der Waals surface area (Å²) in [4.78, 5) is 21.6. The Balaban J connectivity index is 2.38. The normalized spacial score (nSPS) is 9.81. The molecule has 5 heteroatoms. The van der Waals surface area contributed by atoms with Crippen molar-refractivity contribution < 1.29 is 19.1 Å². The summed E-state index contributed by atoms with van der Waals surface area (Å²) < 4.78 is 12.8. The molecule has 0 atom stereocenters. The maximum atomic E-state index is 12.8. The van der Waals surface area contributed by atoms with Gasteiger partial charge in [-0.1, -0.05) is 12.1 Å². The number of amides is 1. The average Bonchev–Trinajstić information content (AvgIpc) is 2.24. The number of rotatable bonds is 5. The first-order chi connectivity index (χ1) is 7.59. The van der Waals surface area contributed by atoms with Crippen LogP contribution in [0.4, 0.5) is 9.18 Å². The van der Waals surface area contributed by atoms with Gasteiger partial charge in [0, 0.05) is 18.5 Å². The van der Waals surface area contributed by atoms with Gasteiger partial charge in [-0.25, -0.2) is 9.18 Å². The highest BCUT2D eigenvalue weighted by atomic mass is 19.1. The summed E-state index contributed by atoms with van der Waals surface area (Å²) in [7, 11) is 0. The van der Waals surface area contributed by atoms with Crippen LogP contribution < -0.4 is 5.32 Å². The molecule has 16 heavy (non-hydrogen) atoms. The first-order valence-electron chi connectivity index (χ1n) is 4.85. The maximum Gasteiger partial charge on any atom is 0.404 e. The summed E-state index contributed by atoms with van der Waals surface area (Å²) in [5.74, 6) is -0.638. The molecule has 0 saturated carbocycles. The number of carboxylic acid groups (broad SMARTS) is 1. The quantitative estimate of drug-likeness (QED) is 0.595. The second-order valence-corrected chi connectivity index (χ2v) is 3.27. The fourth-order valence-electron chi connectivity index (χ4n) is 1.25. The van der Waals surface area contributed by atoms with Crippen LogP contribution in [0.25, 0.3) is 0 Å². The van der Waals surface area contributed by atoms with Gasteiger partial charge in [0.1, 0.15) is 5.82 Å². The minimum atomic E-state index is -1.11. The molecule has 1 rings (SSSR count). The third-order valence-corrected chi connectivity index (χ3v) is 2.00. The number of hydrogen-bond donors (Lipinski definition) is 2. The van der Waals surface area contributed by atoms with E-state index in [2.05, 4.69) is 5.32 Å². The van der Waals surface area contributed by atoms with E-state index in [4.69, 9.17) is 5.11 Å². The molecule has 0 spiro atoms. The minimum Gasteiger partial charge on any atom is -0.465 e. The Labute approximate surface area is 92.1 Å². The predicted octanol–water partition coefficient (Wildman–Crippen LogP) is 2.06. The van der Waals surface area contributed by atoms with E-state index in [1.807, 2.05) is 0 Å². The van der Waals surface area contributed by atoms with Crippen molar-refractivity contribution in [3.8, 4) is 0 Å². The predicted molar refractivity (Wildman–Crippen MR) is 56.0 cm³/mol. The first kappa shape index (κ1) is 12.2. The zero-order valence-electron chi connectivity index (χ0n) is 8.57. The van der Waals surface area contributed by atoms with Gasteiger partial charge in [0.25, 0.3) is 0 Å². The zero-order chi connectivity index (χ0) is 12.0. The van der Waals surface area contributed by atoms with E-state index in [-0.39, 0.29) is 18.7 Å². The highest BCUT2D eigenvalue weighted by Crippen LogP contribution is 2.07. The molecule has 0 aliphatic heterocycles. The molecule has 0 unspecified atom stereocenters. The standard InChI is InChI=1S/C11H12FNO3/c12-9-4-1-3-8(7-9)10(14)5-2-6-13-11(15)16/h1,3-4,7,13H,2,5-6H2,(H,15,16). The van der Waals surface area contributed by atoms with Crippen molar-refractivity contribution in [1.29, 1.82) is 0 Å². The molecule has 0 aliphatic carbocycles. The lowest BCUT2D eigenvalue weighted by molar-refractivity contribution is 0.0979. The Hall–Kier alpha value is -1.91. The summed E-state index contributed by atoms with van der Waals surface area (Å²) in [6.07, 6.45) is -0.510. The molecule has 0 fully saturated rings. The molecule has 4 nitrogen and oxygen atoms in total. The molecule has 1 aromatic carbocycles. The largest absolute Gasteiger partial charge is 0.465 e. The van der Waals surface area contributed by atoms with Crippen molar-refractivity contribution in [2.24, 2.45) is 0 Å². The number of hydrogen-bond acceptors (Lipinski definition) is 2. The molecular weight excluding hydrogens is 213 g/mol. The molecule has 2 N–H and O–H groups in total. The number of halogens is 1. The highest BCUT2D eigenvalue weighted by molar-refractivity contribution is 5.96. The van der Waals surface area contributed by atoms with Crippen LogP contribution in [-0.4, -0.2) is 23.5 Å². The smallest absolute Gasteiger partial charge is 0.404 e. The lowest BCUT2D eigenvalue weighted by Crippen LogP contribution is -2.22. The molecule has 0 aromatic heterocycles. The van der Waals surface area contributed by atoms with E-state index in [1.165, 1.54) is 24.3 Å². The van der Waals surface area contributed by atoms with Gasteiger partial charge in [0.15, 0.2) is 5.78 Å². The molecule has 0 heterocycles. The monoisotopic (exact) mass is 225 g/mol. The van der Waals surface area contributed by atoms with E-state index in [1.54, 1.807) is 0 Å². The highest BCUT2D eigenvalue weighted by Gasteiger charge is 2.06. The van der Waals surface area contributed by atoms with Crippen molar-refractivity contribution in [1.82, 2.24) is 5.32 Å². The van der Waals surface area contributed by atoms with Crippen LogP contribution in [0.15, 0.2) is 24.3 Å². The second kappa shape index (κ2) is 5.85. The number of benzene rings is 1. The van der Waals surface area contributed by atoms with Gasteiger partial charge in [0.05, 0.1) is 0 Å². The SMILES string of the molecule is O=C(O)NCCCC(=O)c1cccc(F)c1. The van der Waals surface area contributed by atoms with Gasteiger partial charge >= 0.3 is 6.09 Å². The van der Waals surface area contributed by atoms with Crippen molar-refractivity contribution in [2.75, 3.05) is 6.54 Å². The van der Waals surface area contributed by atoms with Crippen LogP contribution >= 0.6 is 0 Å². The lowest BCUT2D eigenvalue weighted by atomic mass is 10.1. The third-order valence-electron chi connectivity index (χ3n) is 2.00. The van der Waals surface area contributed by atoms with E-state index in [0.717, 1.165) is 0 Å². The number of Topliss-reactive ketones (excluding diaryl/α,β-unsaturated/α-hetero) is 1. The minimum absolute atomic E-state index is 0.188. The lowest BCUT2D eigenvalue weighted by Gasteiger charge is -2.01. The van der Waals surface area contributed by atoms with Gasteiger partial charge in [-0.2, -0.15) is 0 Å². The number of carbonyl (C=O) groups is 2. The van der Waals surface area contributed by atoms with Gasteiger partial charge in [-0.15, -0.1) is 0 Å².